The minimum Gasteiger partial charge on any atom is -0.208 e. The van der Waals surface area contributed by atoms with Gasteiger partial charge in [0.25, 0.3) is 0 Å². The molecular weight excluding hydrogens is 410 g/mol. The smallest absolute Gasteiger partial charge is 0.164 e. The number of nitrogens with zero attached hydrogens (tertiary/aromatic N) is 3. The number of hydrogen-bond acceptors (Lipinski definition) is 4. The second kappa shape index (κ2) is 7.81. The van der Waals surface area contributed by atoms with Crippen LogP contribution in [0.15, 0.2) is 91.0 Å². The fourth-order valence-corrected chi connectivity index (χ4v) is 5.35. The highest BCUT2D eigenvalue weighted by Crippen LogP contribution is 2.36. The molecule has 32 heavy (non-hydrogen) atoms. The Kier molecular flexibility index (Phi) is 4.66. The van der Waals surface area contributed by atoms with E-state index in [1.54, 1.807) is 0 Å². The molecule has 1 aliphatic carbocycles. The Morgan fingerprint density at radius 2 is 1.44 bits per heavy atom. The molecule has 1 unspecified atom stereocenters. The first-order valence-electron chi connectivity index (χ1n) is 10.9. The molecule has 0 amide bonds. The molecule has 2 heterocycles. The maximum Gasteiger partial charge on any atom is 0.164 e. The molecule has 3 aromatic carbocycles. The maximum absolute atomic E-state index is 4.91. The normalized spacial score (nSPS) is 15.9. The van der Waals surface area contributed by atoms with E-state index in [1.165, 1.54) is 20.2 Å². The molecule has 0 bridgehead atoms. The standard InChI is InChI=1S/C28H21N3S/c1-18-8-7-11-20(16-18)27-29-26(19-9-3-2-4-10-19)30-28(31-27)21-14-15-23-22-12-5-6-13-24(22)32-25(23)17-21/h2-7,9-18H,8H2,1H3. The molecule has 1 aliphatic rings. The van der Waals surface area contributed by atoms with Crippen LogP contribution in [0.2, 0.25) is 0 Å². The van der Waals surface area contributed by atoms with Crippen LogP contribution in [-0.2, 0) is 0 Å². The van der Waals surface area contributed by atoms with E-state index in [4.69, 9.17) is 15.0 Å². The number of thiophene rings is 1. The Balaban J connectivity index is 1.54. The number of allylic oxidation sites excluding steroid dienone is 4. The molecule has 6 rings (SSSR count). The summed E-state index contributed by atoms with van der Waals surface area (Å²) >= 11 is 1.81. The minimum absolute atomic E-state index is 0.477. The topological polar surface area (TPSA) is 38.7 Å². The molecule has 0 N–H and O–H groups in total. The molecule has 5 aromatic rings. The van der Waals surface area contributed by atoms with Crippen LogP contribution in [0.5, 0.6) is 0 Å². The molecule has 0 spiro atoms. The van der Waals surface area contributed by atoms with Crippen molar-refractivity contribution < 1.29 is 0 Å². The van der Waals surface area contributed by atoms with Gasteiger partial charge in [-0.2, -0.15) is 0 Å². The van der Waals surface area contributed by atoms with Gasteiger partial charge in [0.1, 0.15) is 0 Å². The van der Waals surface area contributed by atoms with Gasteiger partial charge in [-0.25, -0.2) is 15.0 Å². The largest absolute Gasteiger partial charge is 0.208 e. The molecule has 0 saturated heterocycles. The van der Waals surface area contributed by atoms with Gasteiger partial charge >= 0.3 is 0 Å². The van der Waals surface area contributed by atoms with Gasteiger partial charge in [0.05, 0.1) is 0 Å². The number of hydrogen-bond donors (Lipinski definition) is 0. The fourth-order valence-electron chi connectivity index (χ4n) is 4.20. The summed E-state index contributed by atoms with van der Waals surface area (Å²) in [6, 6.07) is 25.2. The molecule has 3 nitrogen and oxygen atoms in total. The Morgan fingerprint density at radius 3 is 2.28 bits per heavy atom. The monoisotopic (exact) mass is 431 g/mol. The molecule has 0 fully saturated rings. The van der Waals surface area contributed by atoms with Crippen molar-refractivity contribution in [3.63, 3.8) is 0 Å². The predicted molar refractivity (Wildman–Crippen MR) is 134 cm³/mol. The Bertz CT molecular complexity index is 1510. The summed E-state index contributed by atoms with van der Waals surface area (Å²) in [7, 11) is 0. The van der Waals surface area contributed by atoms with Crippen molar-refractivity contribution in [3.8, 4) is 22.8 Å². The Hall–Kier alpha value is -3.63. The maximum atomic E-state index is 4.91. The zero-order chi connectivity index (χ0) is 21.5. The predicted octanol–water partition coefficient (Wildman–Crippen LogP) is 7.55. The molecule has 0 radical (unpaired) electrons. The quantitative estimate of drug-likeness (QED) is 0.296. The third-order valence-electron chi connectivity index (χ3n) is 5.83. The summed E-state index contributed by atoms with van der Waals surface area (Å²) in [5, 5.41) is 2.57. The highest BCUT2D eigenvalue weighted by atomic mass is 32.1. The molecular formula is C28H21N3S. The van der Waals surface area contributed by atoms with Gasteiger partial charge in [-0.15, -0.1) is 11.3 Å². The van der Waals surface area contributed by atoms with Crippen molar-refractivity contribution >= 4 is 37.1 Å². The van der Waals surface area contributed by atoms with Crippen LogP contribution < -0.4 is 0 Å². The third kappa shape index (κ3) is 3.43. The van der Waals surface area contributed by atoms with E-state index in [0.717, 1.165) is 28.9 Å². The zero-order valence-corrected chi connectivity index (χ0v) is 18.5. The summed E-state index contributed by atoms with van der Waals surface area (Å²) in [4.78, 5) is 14.6. The van der Waals surface area contributed by atoms with E-state index >= 15 is 0 Å². The van der Waals surface area contributed by atoms with Gasteiger partial charge in [0, 0.05) is 36.9 Å². The van der Waals surface area contributed by atoms with Crippen molar-refractivity contribution in [1.29, 1.82) is 0 Å². The van der Waals surface area contributed by atoms with E-state index in [1.807, 2.05) is 41.7 Å². The average Bonchev–Trinajstić information content (AvgIpc) is 3.22. The number of rotatable bonds is 3. The van der Waals surface area contributed by atoms with Crippen molar-refractivity contribution in [2.45, 2.75) is 13.3 Å². The van der Waals surface area contributed by atoms with Crippen molar-refractivity contribution in [3.05, 3.63) is 96.8 Å². The van der Waals surface area contributed by atoms with Crippen LogP contribution >= 0.6 is 11.3 Å². The molecule has 0 aliphatic heterocycles. The molecule has 0 saturated carbocycles. The fraction of sp³-hybridized carbons (Fsp3) is 0.107. The number of fused-ring (bicyclic) bond motifs is 3. The van der Waals surface area contributed by atoms with Gasteiger partial charge in [-0.1, -0.05) is 85.8 Å². The van der Waals surface area contributed by atoms with Gasteiger partial charge < -0.3 is 0 Å². The van der Waals surface area contributed by atoms with Gasteiger partial charge in [0.15, 0.2) is 17.5 Å². The lowest BCUT2D eigenvalue weighted by molar-refractivity contribution is 0.738. The summed E-state index contributed by atoms with van der Waals surface area (Å²) in [5.74, 6) is 2.62. The highest BCUT2D eigenvalue weighted by Gasteiger charge is 2.15. The van der Waals surface area contributed by atoms with Crippen LogP contribution in [0.4, 0.5) is 0 Å². The Morgan fingerprint density at radius 1 is 0.719 bits per heavy atom. The lowest BCUT2D eigenvalue weighted by Gasteiger charge is -2.13. The number of benzene rings is 3. The van der Waals surface area contributed by atoms with Gasteiger partial charge in [0.2, 0.25) is 0 Å². The Labute approximate surface area is 190 Å². The van der Waals surface area contributed by atoms with Crippen LogP contribution in [0.25, 0.3) is 48.5 Å². The highest BCUT2D eigenvalue weighted by molar-refractivity contribution is 7.25. The van der Waals surface area contributed by atoms with Gasteiger partial charge in [-0.05, 0) is 24.5 Å². The van der Waals surface area contributed by atoms with Crippen molar-refractivity contribution in [1.82, 2.24) is 15.0 Å². The van der Waals surface area contributed by atoms with Crippen molar-refractivity contribution in [2.24, 2.45) is 5.92 Å². The molecule has 4 heteroatoms. The first-order valence-corrected chi connectivity index (χ1v) is 11.7. The zero-order valence-electron chi connectivity index (χ0n) is 17.7. The van der Waals surface area contributed by atoms with Crippen LogP contribution in [0.1, 0.15) is 19.2 Å². The summed E-state index contributed by atoms with van der Waals surface area (Å²) in [6.45, 7) is 2.22. The summed E-state index contributed by atoms with van der Waals surface area (Å²) in [5.41, 5.74) is 3.07. The van der Waals surface area contributed by atoms with Crippen molar-refractivity contribution in [2.75, 3.05) is 0 Å². The van der Waals surface area contributed by atoms with Gasteiger partial charge in [-0.3, -0.25) is 0 Å². The van der Waals surface area contributed by atoms with E-state index in [-0.39, 0.29) is 0 Å². The van der Waals surface area contributed by atoms with E-state index in [2.05, 4.69) is 67.6 Å². The second-order valence-corrected chi connectivity index (χ2v) is 9.30. The summed E-state index contributed by atoms with van der Waals surface area (Å²) in [6.07, 6.45) is 7.64. The third-order valence-corrected chi connectivity index (χ3v) is 6.97. The molecule has 154 valence electrons. The lowest BCUT2D eigenvalue weighted by Crippen LogP contribution is -2.04. The molecule has 1 atom stereocenters. The SMILES string of the molecule is CC1C=C(c2nc(-c3ccccc3)nc(-c3ccc4c(c3)sc3ccccc34)n2)C=CC1. The van der Waals surface area contributed by atoms with E-state index in [9.17, 15) is 0 Å². The first kappa shape index (κ1) is 19.1. The van der Waals surface area contributed by atoms with Crippen LogP contribution in [0, 0.1) is 5.92 Å². The average molecular weight is 432 g/mol. The minimum atomic E-state index is 0.477. The van der Waals surface area contributed by atoms with Crippen LogP contribution in [-0.4, -0.2) is 15.0 Å². The lowest BCUT2D eigenvalue weighted by atomic mass is 9.97. The van der Waals surface area contributed by atoms with E-state index < -0.39 is 0 Å². The first-order chi connectivity index (χ1) is 15.7. The van der Waals surface area contributed by atoms with E-state index in [0.29, 0.717) is 17.6 Å². The van der Waals surface area contributed by atoms with Crippen LogP contribution in [0.3, 0.4) is 0 Å². The summed E-state index contributed by atoms with van der Waals surface area (Å²) < 4.78 is 2.55. The number of aromatic nitrogens is 3. The second-order valence-electron chi connectivity index (χ2n) is 8.22. The molecule has 2 aromatic heterocycles.